The summed E-state index contributed by atoms with van der Waals surface area (Å²) in [4.78, 5) is 23.2. The van der Waals surface area contributed by atoms with Crippen LogP contribution in [-0.2, 0) is 9.59 Å². The van der Waals surface area contributed by atoms with Crippen molar-refractivity contribution in [2.24, 2.45) is 29.4 Å². The Hall–Kier alpha value is -1.10. The molecule has 0 radical (unpaired) electrons. The summed E-state index contributed by atoms with van der Waals surface area (Å²) in [6.07, 6.45) is 5.62. The van der Waals surface area contributed by atoms with E-state index in [9.17, 15) is 9.59 Å². The first-order valence-electron chi connectivity index (χ1n) is 7.34. The van der Waals surface area contributed by atoms with E-state index in [1.54, 1.807) is 0 Å². The van der Waals surface area contributed by atoms with Gasteiger partial charge in [0.25, 0.3) is 0 Å². The zero-order chi connectivity index (χ0) is 13.8. The number of carboxylic acids is 1. The van der Waals surface area contributed by atoms with Crippen molar-refractivity contribution < 1.29 is 14.7 Å². The van der Waals surface area contributed by atoms with E-state index in [0.29, 0.717) is 19.0 Å². The van der Waals surface area contributed by atoms with Crippen molar-refractivity contribution in [1.29, 1.82) is 0 Å². The summed E-state index contributed by atoms with van der Waals surface area (Å²) < 4.78 is 0. The summed E-state index contributed by atoms with van der Waals surface area (Å²) in [5.41, 5.74) is 5.68. The minimum absolute atomic E-state index is 0.0367. The fourth-order valence-electron chi connectivity index (χ4n) is 3.63. The molecule has 0 saturated heterocycles. The van der Waals surface area contributed by atoms with Gasteiger partial charge in [-0.1, -0.05) is 12.8 Å². The minimum Gasteiger partial charge on any atom is -0.481 e. The van der Waals surface area contributed by atoms with Crippen LogP contribution >= 0.6 is 0 Å². The predicted molar refractivity (Wildman–Crippen MR) is 71.4 cm³/mol. The molecule has 2 aliphatic carbocycles. The maximum atomic E-state index is 12.1. The summed E-state index contributed by atoms with van der Waals surface area (Å²) in [6, 6.07) is 0. The number of nitrogens with two attached hydrogens (primary N) is 1. The van der Waals surface area contributed by atoms with Gasteiger partial charge in [0.2, 0.25) is 5.91 Å². The van der Waals surface area contributed by atoms with Gasteiger partial charge in [0.1, 0.15) is 0 Å². The number of carboxylic acid groups (broad SMARTS) is 1. The van der Waals surface area contributed by atoms with Gasteiger partial charge >= 0.3 is 5.97 Å². The molecule has 1 amide bonds. The molecule has 4 N–H and O–H groups in total. The Labute approximate surface area is 113 Å². The molecular weight excluding hydrogens is 244 g/mol. The molecule has 2 rings (SSSR count). The molecule has 0 aliphatic heterocycles. The normalized spacial score (nSPS) is 34.4. The first kappa shape index (κ1) is 14.3. The predicted octanol–water partition coefficient (Wildman–Crippen LogP) is 0.978. The van der Waals surface area contributed by atoms with Gasteiger partial charge in [-0.15, -0.1) is 0 Å². The molecule has 5 heteroatoms. The van der Waals surface area contributed by atoms with Crippen LogP contribution in [0.5, 0.6) is 0 Å². The summed E-state index contributed by atoms with van der Waals surface area (Å²) in [5.74, 6) is -0.497. The second kappa shape index (κ2) is 6.37. The van der Waals surface area contributed by atoms with E-state index in [0.717, 1.165) is 38.5 Å². The molecule has 2 saturated carbocycles. The minimum atomic E-state index is -0.725. The Kier molecular flexibility index (Phi) is 4.80. The fraction of sp³-hybridized carbons (Fsp3) is 0.857. The maximum Gasteiger partial charge on any atom is 0.306 e. The van der Waals surface area contributed by atoms with Crippen molar-refractivity contribution in [3.8, 4) is 0 Å². The van der Waals surface area contributed by atoms with Crippen LogP contribution < -0.4 is 11.1 Å². The number of hydrogen-bond acceptors (Lipinski definition) is 3. The Morgan fingerprint density at radius 3 is 2.32 bits per heavy atom. The molecule has 4 atom stereocenters. The molecule has 108 valence electrons. The maximum absolute atomic E-state index is 12.1. The lowest BCUT2D eigenvalue weighted by molar-refractivity contribution is -0.143. The molecule has 5 nitrogen and oxygen atoms in total. The summed E-state index contributed by atoms with van der Waals surface area (Å²) >= 11 is 0. The molecule has 0 heterocycles. The highest BCUT2D eigenvalue weighted by atomic mass is 16.4. The van der Waals surface area contributed by atoms with Crippen LogP contribution in [0, 0.1) is 23.7 Å². The summed E-state index contributed by atoms with van der Waals surface area (Å²) in [7, 11) is 0. The molecule has 2 fully saturated rings. The van der Waals surface area contributed by atoms with Crippen molar-refractivity contribution in [2.45, 2.75) is 38.5 Å². The number of hydrogen-bond donors (Lipinski definition) is 3. The Balaban J connectivity index is 1.81. The van der Waals surface area contributed by atoms with E-state index in [4.69, 9.17) is 10.8 Å². The van der Waals surface area contributed by atoms with E-state index in [2.05, 4.69) is 5.32 Å². The molecule has 0 aromatic heterocycles. The van der Waals surface area contributed by atoms with Gasteiger partial charge < -0.3 is 16.2 Å². The fourth-order valence-corrected chi connectivity index (χ4v) is 3.63. The van der Waals surface area contributed by atoms with Gasteiger partial charge in [0, 0.05) is 12.5 Å². The number of rotatable bonds is 5. The van der Waals surface area contributed by atoms with E-state index in [1.165, 1.54) is 0 Å². The Morgan fingerprint density at radius 2 is 1.68 bits per heavy atom. The molecule has 4 unspecified atom stereocenters. The SMILES string of the molecule is NCC1CCCC1C(=O)NCC1CCCC1C(=O)O. The van der Waals surface area contributed by atoms with E-state index in [1.807, 2.05) is 0 Å². The zero-order valence-corrected chi connectivity index (χ0v) is 11.3. The van der Waals surface area contributed by atoms with Crippen LogP contribution in [0.25, 0.3) is 0 Å². The van der Waals surface area contributed by atoms with Crippen molar-refractivity contribution in [3.63, 3.8) is 0 Å². The van der Waals surface area contributed by atoms with Gasteiger partial charge in [0.15, 0.2) is 0 Å². The highest BCUT2D eigenvalue weighted by molar-refractivity contribution is 5.79. The number of carbonyl (C=O) groups is 2. The van der Waals surface area contributed by atoms with E-state index < -0.39 is 5.97 Å². The van der Waals surface area contributed by atoms with Gasteiger partial charge in [0.05, 0.1) is 5.92 Å². The largest absolute Gasteiger partial charge is 0.481 e. The van der Waals surface area contributed by atoms with Crippen molar-refractivity contribution in [2.75, 3.05) is 13.1 Å². The van der Waals surface area contributed by atoms with Gasteiger partial charge in [-0.25, -0.2) is 0 Å². The molecule has 2 aliphatic rings. The van der Waals surface area contributed by atoms with Crippen molar-refractivity contribution in [1.82, 2.24) is 5.32 Å². The van der Waals surface area contributed by atoms with Crippen LogP contribution in [0.1, 0.15) is 38.5 Å². The van der Waals surface area contributed by atoms with Crippen LogP contribution in [-0.4, -0.2) is 30.1 Å². The van der Waals surface area contributed by atoms with Crippen molar-refractivity contribution >= 4 is 11.9 Å². The third-order valence-corrected chi connectivity index (χ3v) is 4.81. The molecule has 19 heavy (non-hydrogen) atoms. The second-order valence-corrected chi connectivity index (χ2v) is 5.91. The van der Waals surface area contributed by atoms with Crippen LogP contribution in [0.15, 0.2) is 0 Å². The van der Waals surface area contributed by atoms with Crippen LogP contribution in [0.2, 0.25) is 0 Å². The molecular formula is C14H24N2O3. The number of nitrogens with one attached hydrogen (secondary N) is 1. The van der Waals surface area contributed by atoms with Crippen LogP contribution in [0.4, 0.5) is 0 Å². The molecule has 0 aromatic carbocycles. The third-order valence-electron chi connectivity index (χ3n) is 4.81. The van der Waals surface area contributed by atoms with Crippen LogP contribution in [0.3, 0.4) is 0 Å². The average molecular weight is 268 g/mol. The summed E-state index contributed by atoms with van der Waals surface area (Å²) in [5, 5.41) is 12.1. The first-order valence-corrected chi connectivity index (χ1v) is 7.34. The third kappa shape index (κ3) is 3.26. The van der Waals surface area contributed by atoms with Gasteiger partial charge in [-0.3, -0.25) is 9.59 Å². The number of aliphatic carboxylic acids is 1. The lowest BCUT2D eigenvalue weighted by Crippen LogP contribution is -2.39. The molecule has 0 spiro atoms. The lowest BCUT2D eigenvalue weighted by atomic mass is 9.93. The molecule has 0 bridgehead atoms. The standard InChI is InChI=1S/C14H24N2O3/c15-7-9-3-1-5-11(9)13(17)16-8-10-4-2-6-12(10)14(18)19/h9-12H,1-8,15H2,(H,16,17)(H,18,19). The monoisotopic (exact) mass is 268 g/mol. The lowest BCUT2D eigenvalue weighted by Gasteiger charge is -2.20. The quantitative estimate of drug-likeness (QED) is 0.693. The number of carbonyl (C=O) groups excluding carboxylic acids is 1. The highest BCUT2D eigenvalue weighted by Gasteiger charge is 2.35. The highest BCUT2D eigenvalue weighted by Crippen LogP contribution is 2.33. The Bertz CT molecular complexity index is 346. The van der Waals surface area contributed by atoms with E-state index in [-0.39, 0.29) is 23.7 Å². The second-order valence-electron chi connectivity index (χ2n) is 5.91. The number of amides is 1. The first-order chi connectivity index (χ1) is 9.13. The van der Waals surface area contributed by atoms with Gasteiger partial charge in [-0.2, -0.15) is 0 Å². The average Bonchev–Trinajstić information content (AvgIpc) is 3.04. The topological polar surface area (TPSA) is 92.4 Å². The Morgan fingerprint density at radius 1 is 1.05 bits per heavy atom. The summed E-state index contributed by atoms with van der Waals surface area (Å²) in [6.45, 7) is 1.07. The van der Waals surface area contributed by atoms with E-state index >= 15 is 0 Å². The molecule has 0 aromatic rings. The van der Waals surface area contributed by atoms with Gasteiger partial charge in [-0.05, 0) is 44.1 Å². The zero-order valence-electron chi connectivity index (χ0n) is 11.3. The van der Waals surface area contributed by atoms with Crippen molar-refractivity contribution in [3.05, 3.63) is 0 Å². The smallest absolute Gasteiger partial charge is 0.306 e.